The van der Waals surface area contributed by atoms with Crippen molar-refractivity contribution in [1.82, 2.24) is 20.0 Å². The molecule has 0 atom stereocenters. The smallest absolute Gasteiger partial charge is 0.236 e. The van der Waals surface area contributed by atoms with Crippen LogP contribution >= 0.6 is 0 Å². The van der Waals surface area contributed by atoms with Gasteiger partial charge in [0.05, 0.1) is 19.8 Å². The quantitative estimate of drug-likeness (QED) is 0.633. The molecule has 21 heavy (non-hydrogen) atoms. The van der Waals surface area contributed by atoms with E-state index in [0.717, 1.165) is 39.4 Å². The lowest BCUT2D eigenvalue weighted by Gasteiger charge is -2.34. The summed E-state index contributed by atoms with van der Waals surface area (Å²) in [4.78, 5) is 29.2. The van der Waals surface area contributed by atoms with Crippen LogP contribution in [0.1, 0.15) is 6.92 Å². The van der Waals surface area contributed by atoms with Crippen molar-refractivity contribution in [2.24, 2.45) is 0 Å². The van der Waals surface area contributed by atoms with Crippen LogP contribution in [0, 0.1) is 0 Å². The Morgan fingerprint density at radius 1 is 1.00 bits per heavy atom. The van der Waals surface area contributed by atoms with Crippen molar-refractivity contribution in [1.29, 1.82) is 0 Å². The largest absolute Gasteiger partial charge is 0.379 e. The van der Waals surface area contributed by atoms with Gasteiger partial charge in [0.2, 0.25) is 11.8 Å². The van der Waals surface area contributed by atoms with Gasteiger partial charge in [0.15, 0.2) is 0 Å². The Morgan fingerprint density at radius 3 is 2.24 bits per heavy atom. The molecular weight excluding hydrogens is 272 g/mol. The second kappa shape index (κ2) is 8.31. The second-order valence-corrected chi connectivity index (χ2v) is 5.52. The zero-order chi connectivity index (χ0) is 15.1. The molecule has 0 bridgehead atoms. The van der Waals surface area contributed by atoms with Crippen LogP contribution in [0.3, 0.4) is 0 Å². The molecule has 0 aliphatic carbocycles. The molecule has 2 rings (SSSR count). The molecule has 0 unspecified atom stereocenters. The lowest BCUT2D eigenvalue weighted by atomic mass is 10.3. The van der Waals surface area contributed by atoms with Crippen LogP contribution in [0.25, 0.3) is 0 Å². The van der Waals surface area contributed by atoms with Crippen LogP contribution in [0.15, 0.2) is 0 Å². The number of nitrogens with one attached hydrogen (secondary N) is 1. The van der Waals surface area contributed by atoms with Crippen molar-refractivity contribution in [2.45, 2.75) is 6.92 Å². The number of amides is 2. The molecule has 0 aromatic rings. The number of nitrogens with zero attached hydrogens (tertiary/aromatic N) is 3. The van der Waals surface area contributed by atoms with Gasteiger partial charge in [-0.2, -0.15) is 0 Å². The highest BCUT2D eigenvalue weighted by Crippen LogP contribution is 2.02. The summed E-state index contributed by atoms with van der Waals surface area (Å²) in [5.74, 6) is 0.214. The lowest BCUT2D eigenvalue weighted by Crippen LogP contribution is -2.52. The van der Waals surface area contributed by atoms with Crippen LogP contribution < -0.4 is 5.32 Å². The van der Waals surface area contributed by atoms with E-state index >= 15 is 0 Å². The summed E-state index contributed by atoms with van der Waals surface area (Å²) in [6.45, 7) is 9.86. The number of hydrogen-bond acceptors (Lipinski definition) is 5. The number of hydrogen-bond donors (Lipinski definition) is 1. The molecule has 0 radical (unpaired) electrons. The molecule has 0 saturated carbocycles. The third-order valence-corrected chi connectivity index (χ3v) is 4.06. The molecule has 2 heterocycles. The SMILES string of the molecule is CC(=O)N1CCN(C(=O)CNCCN2CCOCC2)CC1. The van der Waals surface area contributed by atoms with Crippen molar-refractivity contribution >= 4 is 11.8 Å². The van der Waals surface area contributed by atoms with Crippen LogP contribution in [-0.4, -0.2) is 98.6 Å². The number of ether oxygens (including phenoxy) is 1. The van der Waals surface area contributed by atoms with Crippen LogP contribution in [0.4, 0.5) is 0 Å². The molecule has 7 nitrogen and oxygen atoms in total. The van der Waals surface area contributed by atoms with E-state index in [0.29, 0.717) is 32.7 Å². The predicted octanol–water partition coefficient (Wildman–Crippen LogP) is -1.40. The number of piperazine rings is 1. The van der Waals surface area contributed by atoms with E-state index in [1.165, 1.54) is 0 Å². The van der Waals surface area contributed by atoms with Crippen molar-refractivity contribution < 1.29 is 14.3 Å². The maximum Gasteiger partial charge on any atom is 0.236 e. The minimum absolute atomic E-state index is 0.0886. The minimum Gasteiger partial charge on any atom is -0.379 e. The predicted molar refractivity (Wildman–Crippen MR) is 79.0 cm³/mol. The monoisotopic (exact) mass is 298 g/mol. The van der Waals surface area contributed by atoms with Gasteiger partial charge in [-0.3, -0.25) is 14.5 Å². The Morgan fingerprint density at radius 2 is 1.62 bits per heavy atom. The number of rotatable bonds is 5. The van der Waals surface area contributed by atoms with Crippen LogP contribution in [0.5, 0.6) is 0 Å². The summed E-state index contributed by atoms with van der Waals surface area (Å²) in [5, 5.41) is 3.21. The van der Waals surface area contributed by atoms with Gasteiger partial charge in [-0.15, -0.1) is 0 Å². The molecule has 2 aliphatic rings. The first-order valence-corrected chi connectivity index (χ1v) is 7.71. The van der Waals surface area contributed by atoms with E-state index in [2.05, 4.69) is 10.2 Å². The van der Waals surface area contributed by atoms with Gasteiger partial charge in [-0.1, -0.05) is 0 Å². The second-order valence-electron chi connectivity index (χ2n) is 5.52. The van der Waals surface area contributed by atoms with Crippen LogP contribution in [-0.2, 0) is 14.3 Å². The van der Waals surface area contributed by atoms with Crippen molar-refractivity contribution in [3.8, 4) is 0 Å². The Labute approximate surface area is 126 Å². The highest BCUT2D eigenvalue weighted by atomic mass is 16.5. The van der Waals surface area contributed by atoms with E-state index in [1.54, 1.807) is 11.8 Å². The summed E-state index contributed by atoms with van der Waals surface area (Å²) >= 11 is 0. The fraction of sp³-hybridized carbons (Fsp3) is 0.857. The first-order chi connectivity index (χ1) is 10.2. The number of carbonyl (C=O) groups is 2. The van der Waals surface area contributed by atoms with Gasteiger partial charge in [0.1, 0.15) is 0 Å². The molecule has 2 saturated heterocycles. The van der Waals surface area contributed by atoms with E-state index in [4.69, 9.17) is 4.74 Å². The van der Waals surface area contributed by atoms with Crippen LogP contribution in [0.2, 0.25) is 0 Å². The third-order valence-electron chi connectivity index (χ3n) is 4.06. The van der Waals surface area contributed by atoms with Gasteiger partial charge in [-0.25, -0.2) is 0 Å². The Balaban J connectivity index is 1.56. The molecule has 2 fully saturated rings. The maximum absolute atomic E-state index is 12.1. The zero-order valence-electron chi connectivity index (χ0n) is 12.8. The van der Waals surface area contributed by atoms with Gasteiger partial charge in [-0.05, 0) is 0 Å². The molecule has 2 amide bonds. The number of carbonyl (C=O) groups excluding carboxylic acids is 2. The molecule has 7 heteroatoms. The summed E-state index contributed by atoms with van der Waals surface area (Å²) in [7, 11) is 0. The van der Waals surface area contributed by atoms with Gasteiger partial charge < -0.3 is 19.9 Å². The highest BCUT2D eigenvalue weighted by molar-refractivity contribution is 5.79. The Bertz CT molecular complexity index is 350. The first-order valence-electron chi connectivity index (χ1n) is 7.71. The van der Waals surface area contributed by atoms with E-state index in [-0.39, 0.29) is 11.8 Å². The topological polar surface area (TPSA) is 65.1 Å². The first kappa shape index (κ1) is 16.2. The average molecular weight is 298 g/mol. The summed E-state index contributed by atoms with van der Waals surface area (Å²) in [6.07, 6.45) is 0. The van der Waals surface area contributed by atoms with E-state index < -0.39 is 0 Å². The van der Waals surface area contributed by atoms with Crippen molar-refractivity contribution in [3.05, 3.63) is 0 Å². The standard InChI is InChI=1S/C14H26N4O3/c1-13(19)17-4-6-18(7-5-17)14(20)12-15-2-3-16-8-10-21-11-9-16/h15H,2-12H2,1H3. The molecule has 120 valence electrons. The average Bonchev–Trinajstić information content (AvgIpc) is 2.52. The summed E-state index contributed by atoms with van der Waals surface area (Å²) in [6, 6.07) is 0. The van der Waals surface area contributed by atoms with Gasteiger partial charge >= 0.3 is 0 Å². The fourth-order valence-electron chi connectivity index (χ4n) is 2.64. The maximum atomic E-state index is 12.1. The summed E-state index contributed by atoms with van der Waals surface area (Å²) < 4.78 is 5.30. The summed E-state index contributed by atoms with van der Waals surface area (Å²) in [5.41, 5.74) is 0. The van der Waals surface area contributed by atoms with Gasteiger partial charge in [0.25, 0.3) is 0 Å². The molecular formula is C14H26N4O3. The third kappa shape index (κ3) is 5.26. The highest BCUT2D eigenvalue weighted by Gasteiger charge is 2.21. The number of morpholine rings is 1. The Kier molecular flexibility index (Phi) is 6.41. The van der Waals surface area contributed by atoms with E-state index in [9.17, 15) is 9.59 Å². The lowest BCUT2D eigenvalue weighted by molar-refractivity contribution is -0.137. The molecule has 0 aromatic heterocycles. The zero-order valence-corrected chi connectivity index (χ0v) is 12.8. The molecule has 0 aromatic carbocycles. The van der Waals surface area contributed by atoms with Crippen molar-refractivity contribution in [2.75, 3.05) is 72.1 Å². The molecule has 0 spiro atoms. The van der Waals surface area contributed by atoms with E-state index in [1.807, 2.05) is 4.90 Å². The Hall–Kier alpha value is -1.18. The normalized spacial score (nSPS) is 20.6. The fourth-order valence-corrected chi connectivity index (χ4v) is 2.64. The minimum atomic E-state index is 0.0886. The van der Waals surface area contributed by atoms with Crippen molar-refractivity contribution in [3.63, 3.8) is 0 Å². The molecule has 1 N–H and O–H groups in total. The molecule has 2 aliphatic heterocycles. The van der Waals surface area contributed by atoms with Gasteiger partial charge in [0, 0.05) is 59.3 Å².